The fraction of sp³-hybridized carbons (Fsp3) is 0.273. The quantitative estimate of drug-likeness (QED) is 0.690. The molecule has 1 aromatic heterocycles. The van der Waals surface area contributed by atoms with E-state index >= 15 is 0 Å². The van der Waals surface area contributed by atoms with Gasteiger partial charge in [0.1, 0.15) is 0 Å². The average molecular weight is 243 g/mol. The number of benzene rings is 1. The summed E-state index contributed by atoms with van der Waals surface area (Å²) in [6, 6.07) is 3.44. The van der Waals surface area contributed by atoms with Gasteiger partial charge in [-0.05, 0) is 19.1 Å². The summed E-state index contributed by atoms with van der Waals surface area (Å²) in [5.74, 6) is 0. The van der Waals surface area contributed by atoms with Crippen molar-refractivity contribution in [2.24, 2.45) is 0 Å². The van der Waals surface area contributed by atoms with E-state index in [9.17, 15) is 0 Å². The van der Waals surface area contributed by atoms with Crippen molar-refractivity contribution < 1.29 is 0 Å². The van der Waals surface area contributed by atoms with Crippen molar-refractivity contribution in [3.63, 3.8) is 0 Å². The third-order valence-corrected chi connectivity index (χ3v) is 2.43. The van der Waals surface area contributed by atoms with Gasteiger partial charge in [-0.1, -0.05) is 37.0 Å². The van der Waals surface area contributed by atoms with E-state index in [2.05, 4.69) is 9.97 Å². The van der Waals surface area contributed by atoms with Gasteiger partial charge in [0.15, 0.2) is 0 Å². The zero-order valence-corrected chi connectivity index (χ0v) is 10.4. The zero-order chi connectivity index (χ0) is 11.4. The van der Waals surface area contributed by atoms with Crippen molar-refractivity contribution in [3.8, 4) is 0 Å². The number of fused-ring (bicyclic) bond motifs is 1. The number of hydrogen-bond donors (Lipinski definition) is 0. The Morgan fingerprint density at radius 1 is 1.00 bits per heavy atom. The minimum Gasteiger partial charge on any atom is -0.253 e. The molecule has 1 aromatic carbocycles. The largest absolute Gasteiger partial charge is 0.253 e. The average Bonchev–Trinajstić information content (AvgIpc) is 2.23. The van der Waals surface area contributed by atoms with E-state index < -0.39 is 0 Å². The Hall–Kier alpha value is -0.860. The van der Waals surface area contributed by atoms with Crippen LogP contribution >= 0.6 is 23.2 Å². The maximum absolute atomic E-state index is 5.84. The number of hydrogen-bond acceptors (Lipinski definition) is 2. The highest BCUT2D eigenvalue weighted by Gasteiger charge is 2.02. The number of aromatic nitrogens is 2. The van der Waals surface area contributed by atoms with Crippen LogP contribution in [0.25, 0.3) is 11.0 Å². The van der Waals surface area contributed by atoms with Gasteiger partial charge < -0.3 is 0 Å². The fourth-order valence-electron chi connectivity index (χ4n) is 1.10. The standard InChI is InChI=1S/C9H6Cl2N2.C2H6/c1-5-4-12-8-2-6(10)7(11)3-9(8)13-5;1-2/h2-4H,1H3;1-2H3. The molecule has 0 N–H and O–H groups in total. The summed E-state index contributed by atoms with van der Waals surface area (Å²) in [7, 11) is 0. The molecular formula is C11H12Cl2N2. The van der Waals surface area contributed by atoms with Crippen molar-refractivity contribution in [2.75, 3.05) is 0 Å². The molecule has 0 aliphatic carbocycles. The highest BCUT2D eigenvalue weighted by atomic mass is 35.5. The third kappa shape index (κ3) is 2.80. The summed E-state index contributed by atoms with van der Waals surface area (Å²) in [5, 5.41) is 1.02. The molecule has 0 bridgehead atoms. The van der Waals surface area contributed by atoms with Crippen LogP contribution in [0.4, 0.5) is 0 Å². The van der Waals surface area contributed by atoms with Crippen LogP contribution in [0.15, 0.2) is 18.3 Å². The first-order chi connectivity index (χ1) is 7.16. The molecule has 2 nitrogen and oxygen atoms in total. The van der Waals surface area contributed by atoms with E-state index in [4.69, 9.17) is 23.2 Å². The molecule has 0 saturated heterocycles. The molecule has 0 unspecified atom stereocenters. The van der Waals surface area contributed by atoms with Crippen molar-refractivity contribution in [1.82, 2.24) is 9.97 Å². The Morgan fingerprint density at radius 2 is 1.53 bits per heavy atom. The van der Waals surface area contributed by atoms with Gasteiger partial charge in [0.05, 0.1) is 26.8 Å². The first-order valence-corrected chi connectivity index (χ1v) is 5.51. The molecular weight excluding hydrogens is 231 g/mol. The minimum atomic E-state index is 0.507. The first-order valence-electron chi connectivity index (χ1n) is 4.75. The summed E-state index contributed by atoms with van der Waals surface area (Å²) >= 11 is 11.7. The van der Waals surface area contributed by atoms with Crippen LogP contribution in [0.5, 0.6) is 0 Å². The van der Waals surface area contributed by atoms with Crippen molar-refractivity contribution in [3.05, 3.63) is 34.1 Å². The van der Waals surface area contributed by atoms with Crippen molar-refractivity contribution in [2.45, 2.75) is 20.8 Å². The monoisotopic (exact) mass is 242 g/mol. The topological polar surface area (TPSA) is 25.8 Å². The van der Waals surface area contributed by atoms with Gasteiger partial charge in [-0.2, -0.15) is 0 Å². The molecule has 1 heterocycles. The number of rotatable bonds is 0. The second-order valence-corrected chi connectivity index (χ2v) is 3.58. The predicted molar refractivity (Wildman–Crippen MR) is 65.6 cm³/mol. The SMILES string of the molecule is CC.Cc1cnc2cc(Cl)c(Cl)cc2n1. The maximum Gasteiger partial charge on any atom is 0.0905 e. The molecule has 0 aliphatic rings. The van der Waals surface area contributed by atoms with Crippen molar-refractivity contribution in [1.29, 1.82) is 0 Å². The van der Waals surface area contributed by atoms with E-state index in [1.165, 1.54) is 0 Å². The molecule has 2 rings (SSSR count). The van der Waals surface area contributed by atoms with E-state index in [1.54, 1.807) is 18.3 Å². The minimum absolute atomic E-state index is 0.507. The van der Waals surface area contributed by atoms with Crippen LogP contribution in [0, 0.1) is 6.92 Å². The predicted octanol–water partition coefficient (Wildman–Crippen LogP) is 4.27. The lowest BCUT2D eigenvalue weighted by atomic mass is 10.3. The van der Waals surface area contributed by atoms with E-state index in [-0.39, 0.29) is 0 Å². The van der Waals surface area contributed by atoms with E-state index in [0.717, 1.165) is 16.7 Å². The van der Waals surface area contributed by atoms with Gasteiger partial charge >= 0.3 is 0 Å². The Labute approximate surface area is 99.3 Å². The molecule has 0 fully saturated rings. The highest BCUT2D eigenvalue weighted by Crippen LogP contribution is 2.25. The normalized spacial score (nSPS) is 9.67. The van der Waals surface area contributed by atoms with Gasteiger partial charge in [-0.25, -0.2) is 4.98 Å². The lowest BCUT2D eigenvalue weighted by molar-refractivity contribution is 1.19. The van der Waals surface area contributed by atoms with Gasteiger partial charge in [0.2, 0.25) is 0 Å². The zero-order valence-electron chi connectivity index (χ0n) is 8.88. The third-order valence-electron chi connectivity index (χ3n) is 1.70. The van der Waals surface area contributed by atoms with Crippen LogP contribution in [-0.4, -0.2) is 9.97 Å². The Bertz CT molecular complexity index is 469. The molecule has 2 aromatic rings. The van der Waals surface area contributed by atoms with Crippen LogP contribution in [-0.2, 0) is 0 Å². The lowest BCUT2D eigenvalue weighted by Crippen LogP contribution is -1.86. The highest BCUT2D eigenvalue weighted by molar-refractivity contribution is 6.42. The molecule has 4 heteroatoms. The molecule has 0 radical (unpaired) electrons. The van der Waals surface area contributed by atoms with Crippen LogP contribution in [0.2, 0.25) is 10.0 Å². The van der Waals surface area contributed by atoms with Gasteiger partial charge in [0, 0.05) is 6.20 Å². The van der Waals surface area contributed by atoms with Crippen LogP contribution in [0.1, 0.15) is 19.5 Å². The second-order valence-electron chi connectivity index (χ2n) is 2.77. The molecule has 0 saturated carbocycles. The molecule has 0 amide bonds. The smallest absolute Gasteiger partial charge is 0.0905 e. The maximum atomic E-state index is 5.84. The number of aryl methyl sites for hydroxylation is 1. The molecule has 0 spiro atoms. The second kappa shape index (κ2) is 5.29. The summed E-state index contributed by atoms with van der Waals surface area (Å²) in [6.45, 7) is 5.88. The molecule has 0 aliphatic heterocycles. The van der Waals surface area contributed by atoms with Gasteiger partial charge in [0.25, 0.3) is 0 Å². The summed E-state index contributed by atoms with van der Waals surface area (Å²) < 4.78 is 0. The fourth-order valence-corrected chi connectivity index (χ4v) is 1.42. The van der Waals surface area contributed by atoms with Crippen LogP contribution < -0.4 is 0 Å². The molecule has 0 atom stereocenters. The van der Waals surface area contributed by atoms with Crippen molar-refractivity contribution >= 4 is 34.2 Å². The Balaban J connectivity index is 0.000000531. The van der Waals surface area contributed by atoms with Gasteiger partial charge in [-0.3, -0.25) is 4.98 Å². The molecule has 15 heavy (non-hydrogen) atoms. The summed E-state index contributed by atoms with van der Waals surface area (Å²) in [5.41, 5.74) is 2.40. The summed E-state index contributed by atoms with van der Waals surface area (Å²) in [6.07, 6.45) is 1.70. The summed E-state index contributed by atoms with van der Waals surface area (Å²) in [4.78, 5) is 8.45. The van der Waals surface area contributed by atoms with Gasteiger partial charge in [-0.15, -0.1) is 0 Å². The first kappa shape index (κ1) is 12.2. The van der Waals surface area contributed by atoms with Crippen LogP contribution in [0.3, 0.4) is 0 Å². The molecule has 80 valence electrons. The number of nitrogens with zero attached hydrogens (tertiary/aromatic N) is 2. The van der Waals surface area contributed by atoms with E-state index in [1.807, 2.05) is 20.8 Å². The number of halogens is 2. The lowest BCUT2D eigenvalue weighted by Gasteiger charge is -2.00. The Kier molecular flexibility index (Phi) is 4.30. The van der Waals surface area contributed by atoms with E-state index in [0.29, 0.717) is 10.0 Å². The Morgan fingerprint density at radius 3 is 2.13 bits per heavy atom.